The predicted molar refractivity (Wildman–Crippen MR) is 120 cm³/mol. The highest BCUT2D eigenvalue weighted by Gasteiger charge is 2.50. The van der Waals surface area contributed by atoms with Gasteiger partial charge in [-0.1, -0.05) is 32.9 Å². The summed E-state index contributed by atoms with van der Waals surface area (Å²) < 4.78 is 0. The van der Waals surface area contributed by atoms with E-state index in [0.29, 0.717) is 22.7 Å². The third-order valence-electron chi connectivity index (χ3n) is 6.09. The largest absolute Gasteiger partial charge is 0.380 e. The monoisotopic (exact) mass is 421 g/mol. The molecule has 9 nitrogen and oxygen atoms in total. The van der Waals surface area contributed by atoms with Crippen molar-refractivity contribution in [2.45, 2.75) is 46.1 Å². The van der Waals surface area contributed by atoms with Crippen molar-refractivity contribution in [1.29, 1.82) is 0 Å². The second-order valence-electron chi connectivity index (χ2n) is 9.65. The Bertz CT molecular complexity index is 1070. The van der Waals surface area contributed by atoms with Gasteiger partial charge in [0.15, 0.2) is 5.84 Å². The van der Waals surface area contributed by atoms with Crippen molar-refractivity contribution in [1.82, 2.24) is 9.97 Å². The number of fused-ring (bicyclic) bond motifs is 2. The molecule has 1 saturated heterocycles. The molecule has 9 heteroatoms. The highest BCUT2D eigenvalue weighted by Crippen LogP contribution is 2.53. The van der Waals surface area contributed by atoms with E-state index in [0.717, 1.165) is 25.2 Å². The molecule has 0 radical (unpaired) electrons. The summed E-state index contributed by atoms with van der Waals surface area (Å²) in [5.41, 5.74) is 7.41. The van der Waals surface area contributed by atoms with Crippen LogP contribution in [0.15, 0.2) is 46.9 Å². The zero-order valence-electron chi connectivity index (χ0n) is 18.0. The van der Waals surface area contributed by atoms with E-state index >= 15 is 0 Å². The van der Waals surface area contributed by atoms with Gasteiger partial charge in [0, 0.05) is 18.7 Å². The highest BCUT2D eigenvalue weighted by molar-refractivity contribution is 5.96. The molecule has 2 aromatic rings. The third-order valence-corrected chi connectivity index (χ3v) is 6.09. The summed E-state index contributed by atoms with van der Waals surface area (Å²) in [4.78, 5) is 22.0. The van der Waals surface area contributed by atoms with Gasteiger partial charge in [0.1, 0.15) is 11.5 Å². The lowest BCUT2D eigenvalue weighted by Gasteiger charge is -2.39. The quantitative estimate of drug-likeness (QED) is 0.341. The van der Waals surface area contributed by atoms with Gasteiger partial charge in [0.2, 0.25) is 0 Å². The van der Waals surface area contributed by atoms with Crippen molar-refractivity contribution in [3.05, 3.63) is 58.0 Å². The van der Waals surface area contributed by atoms with Crippen LogP contribution in [0.4, 0.5) is 11.5 Å². The standard InChI is InChI=1S/C22H27N7O2/c1-21(2)8-16-9-22(3,13-21)14-28(16)19-12-24-11-17(26-19)20(23)27-25-10-15-6-4-5-7-18(15)29(30)31/h4-7,10-12,16H,8-9,13-14H2,1-3H3,(H2,23,27)/b25-10+/t16-,22-/m0/s1. The maximum absolute atomic E-state index is 11.1. The summed E-state index contributed by atoms with van der Waals surface area (Å²) in [6, 6.07) is 6.75. The summed E-state index contributed by atoms with van der Waals surface area (Å²) in [6.45, 7) is 7.98. The van der Waals surface area contributed by atoms with Crippen molar-refractivity contribution < 1.29 is 4.92 Å². The van der Waals surface area contributed by atoms with E-state index in [-0.39, 0.29) is 16.9 Å². The molecule has 31 heavy (non-hydrogen) atoms. The molecule has 2 atom stereocenters. The molecule has 1 aliphatic heterocycles. The molecule has 0 spiro atoms. The van der Waals surface area contributed by atoms with E-state index in [1.807, 2.05) is 0 Å². The smallest absolute Gasteiger partial charge is 0.278 e. The Hall–Kier alpha value is -3.36. The number of hydrogen-bond acceptors (Lipinski definition) is 7. The fourth-order valence-electron chi connectivity index (χ4n) is 5.31. The molecule has 1 saturated carbocycles. The Morgan fingerprint density at radius 1 is 1.29 bits per heavy atom. The summed E-state index contributed by atoms with van der Waals surface area (Å²) in [7, 11) is 0. The van der Waals surface area contributed by atoms with Gasteiger partial charge in [-0.3, -0.25) is 15.1 Å². The van der Waals surface area contributed by atoms with Gasteiger partial charge in [0.25, 0.3) is 5.69 Å². The number of nitrogens with zero attached hydrogens (tertiary/aromatic N) is 6. The Morgan fingerprint density at radius 3 is 2.84 bits per heavy atom. The van der Waals surface area contributed by atoms with Gasteiger partial charge in [-0.15, -0.1) is 5.10 Å². The molecule has 2 fully saturated rings. The number of amidine groups is 1. The van der Waals surface area contributed by atoms with Crippen molar-refractivity contribution in [3.63, 3.8) is 0 Å². The average Bonchev–Trinajstić information content (AvgIpc) is 2.97. The fourth-order valence-corrected chi connectivity index (χ4v) is 5.31. The van der Waals surface area contributed by atoms with E-state index in [2.05, 4.69) is 40.9 Å². The molecule has 1 aliphatic carbocycles. The average molecular weight is 422 g/mol. The van der Waals surface area contributed by atoms with E-state index in [4.69, 9.17) is 10.7 Å². The number of hydrogen-bond donors (Lipinski definition) is 1. The Kier molecular flexibility index (Phi) is 5.20. The maximum atomic E-state index is 11.1. The maximum Gasteiger partial charge on any atom is 0.278 e. The lowest BCUT2D eigenvalue weighted by molar-refractivity contribution is -0.385. The Labute approximate surface area is 181 Å². The molecular weight excluding hydrogens is 394 g/mol. The topological polar surface area (TPSA) is 123 Å². The highest BCUT2D eigenvalue weighted by atomic mass is 16.6. The first-order valence-corrected chi connectivity index (χ1v) is 10.3. The molecule has 2 bridgehead atoms. The van der Waals surface area contributed by atoms with Gasteiger partial charge < -0.3 is 10.6 Å². The van der Waals surface area contributed by atoms with E-state index < -0.39 is 4.92 Å². The molecule has 1 aromatic carbocycles. The number of anilines is 1. The zero-order valence-corrected chi connectivity index (χ0v) is 18.0. The molecule has 2 N–H and O–H groups in total. The first-order chi connectivity index (χ1) is 14.7. The molecular formula is C22H27N7O2. The number of rotatable bonds is 5. The summed E-state index contributed by atoms with van der Waals surface area (Å²) in [5, 5.41) is 19.0. The van der Waals surface area contributed by atoms with Gasteiger partial charge in [0.05, 0.1) is 29.1 Å². The number of para-hydroxylation sites is 1. The van der Waals surface area contributed by atoms with Crippen LogP contribution in [-0.2, 0) is 0 Å². The van der Waals surface area contributed by atoms with Crippen molar-refractivity contribution in [3.8, 4) is 0 Å². The second-order valence-corrected chi connectivity index (χ2v) is 9.65. The minimum atomic E-state index is -0.461. The van der Waals surface area contributed by atoms with Crippen LogP contribution in [0.2, 0.25) is 0 Å². The van der Waals surface area contributed by atoms with Crippen molar-refractivity contribution >= 4 is 23.6 Å². The van der Waals surface area contributed by atoms with Crippen molar-refractivity contribution in [2.24, 2.45) is 26.8 Å². The van der Waals surface area contributed by atoms with Crippen LogP contribution in [-0.4, -0.2) is 39.5 Å². The zero-order chi connectivity index (χ0) is 22.2. The van der Waals surface area contributed by atoms with Crippen LogP contribution in [0.3, 0.4) is 0 Å². The molecule has 4 rings (SSSR count). The summed E-state index contributed by atoms with van der Waals surface area (Å²) >= 11 is 0. The van der Waals surface area contributed by atoms with Crippen LogP contribution in [0.1, 0.15) is 51.3 Å². The first-order valence-electron chi connectivity index (χ1n) is 10.3. The number of aromatic nitrogens is 2. The van der Waals surface area contributed by atoms with Gasteiger partial charge in [-0.05, 0) is 36.2 Å². The second kappa shape index (κ2) is 7.72. The summed E-state index contributed by atoms with van der Waals surface area (Å²) in [6.07, 6.45) is 8.12. The predicted octanol–water partition coefficient (Wildman–Crippen LogP) is 3.53. The Morgan fingerprint density at radius 2 is 2.06 bits per heavy atom. The normalized spacial score (nSPS) is 25.2. The van der Waals surface area contributed by atoms with Crippen LogP contribution in [0, 0.1) is 20.9 Å². The number of benzene rings is 1. The van der Waals surface area contributed by atoms with Gasteiger partial charge >= 0.3 is 0 Å². The Balaban J connectivity index is 1.54. The summed E-state index contributed by atoms with van der Waals surface area (Å²) in [5.74, 6) is 0.905. The number of nitro groups is 1. The number of nitrogens with two attached hydrogens (primary N) is 1. The minimum absolute atomic E-state index is 0.0432. The molecule has 1 aromatic heterocycles. The fraction of sp³-hybridized carbons (Fsp3) is 0.455. The lowest BCUT2D eigenvalue weighted by atomic mass is 9.65. The van der Waals surface area contributed by atoms with Crippen LogP contribution in [0.5, 0.6) is 0 Å². The molecule has 0 unspecified atom stereocenters. The van der Waals surface area contributed by atoms with Gasteiger partial charge in [-0.25, -0.2) is 4.98 Å². The first kappa shape index (κ1) is 20.9. The van der Waals surface area contributed by atoms with Crippen LogP contribution < -0.4 is 10.6 Å². The lowest BCUT2D eigenvalue weighted by Crippen LogP contribution is -2.35. The van der Waals surface area contributed by atoms with E-state index in [1.165, 1.54) is 18.7 Å². The molecule has 0 amide bonds. The van der Waals surface area contributed by atoms with Crippen LogP contribution in [0.25, 0.3) is 0 Å². The molecule has 2 aliphatic rings. The third kappa shape index (κ3) is 4.40. The molecule has 162 valence electrons. The van der Waals surface area contributed by atoms with E-state index in [9.17, 15) is 10.1 Å². The number of nitro benzene ring substituents is 1. The van der Waals surface area contributed by atoms with Crippen LogP contribution >= 0.6 is 0 Å². The SMILES string of the molecule is CC1(C)C[C@H]2C[C@](C)(CN2c2cncc(/C(N)=N\N=C\c3ccccc3[N+](=O)[O-])n2)C1. The van der Waals surface area contributed by atoms with Gasteiger partial charge in [-0.2, -0.15) is 5.10 Å². The molecule has 2 heterocycles. The minimum Gasteiger partial charge on any atom is -0.380 e. The van der Waals surface area contributed by atoms with E-state index in [1.54, 1.807) is 30.6 Å². The van der Waals surface area contributed by atoms with Crippen molar-refractivity contribution in [2.75, 3.05) is 11.4 Å².